The second-order valence-electron chi connectivity index (χ2n) is 5.75. The predicted octanol–water partition coefficient (Wildman–Crippen LogP) is 3.01. The Morgan fingerprint density at radius 2 is 1.79 bits per heavy atom. The highest BCUT2D eigenvalue weighted by molar-refractivity contribution is 5.71. The summed E-state index contributed by atoms with van der Waals surface area (Å²) in [5, 5.41) is 0. The van der Waals surface area contributed by atoms with E-state index in [1.807, 2.05) is 13.8 Å². The van der Waals surface area contributed by atoms with Crippen molar-refractivity contribution in [2.75, 3.05) is 0 Å². The second-order valence-corrected chi connectivity index (χ2v) is 5.75. The van der Waals surface area contributed by atoms with Crippen molar-refractivity contribution in [3.63, 3.8) is 0 Å². The first-order valence-electron chi connectivity index (χ1n) is 5.51. The summed E-state index contributed by atoms with van der Waals surface area (Å²) in [7, 11) is 0. The van der Waals surface area contributed by atoms with Crippen LogP contribution in [0.3, 0.4) is 0 Å². The fourth-order valence-electron chi connectivity index (χ4n) is 1.67. The number of hydrogen-bond acceptors (Lipinski definition) is 2. The van der Waals surface area contributed by atoms with Crippen LogP contribution >= 0.6 is 0 Å². The maximum atomic E-state index is 11.3. The summed E-state index contributed by atoms with van der Waals surface area (Å²) in [5.41, 5.74) is 0.362. The van der Waals surface area contributed by atoms with Crippen molar-refractivity contribution < 1.29 is 9.53 Å². The highest BCUT2D eigenvalue weighted by Crippen LogP contribution is 2.42. The molecule has 0 aromatic carbocycles. The summed E-state index contributed by atoms with van der Waals surface area (Å²) in [4.78, 5) is 11.3. The van der Waals surface area contributed by atoms with Gasteiger partial charge in [-0.3, -0.25) is 4.79 Å². The summed E-state index contributed by atoms with van der Waals surface area (Å²) in [6, 6.07) is 0. The van der Waals surface area contributed by atoms with Crippen LogP contribution in [0, 0.1) is 17.3 Å². The summed E-state index contributed by atoms with van der Waals surface area (Å²) >= 11 is 0. The Labute approximate surface area is 87.0 Å². The summed E-state index contributed by atoms with van der Waals surface area (Å²) in [6.07, 6.45) is 2.28. The third-order valence-corrected chi connectivity index (χ3v) is 3.07. The van der Waals surface area contributed by atoms with Gasteiger partial charge in [-0.05, 0) is 24.2 Å². The average molecular weight is 198 g/mol. The van der Waals surface area contributed by atoms with E-state index in [9.17, 15) is 4.79 Å². The van der Waals surface area contributed by atoms with E-state index in [0.29, 0.717) is 11.3 Å². The topological polar surface area (TPSA) is 26.3 Å². The molecule has 0 aliphatic heterocycles. The van der Waals surface area contributed by atoms with Crippen LogP contribution in [0.1, 0.15) is 47.5 Å². The lowest BCUT2D eigenvalue weighted by molar-refractivity contribution is -0.162. The van der Waals surface area contributed by atoms with Gasteiger partial charge in [0.25, 0.3) is 0 Å². The van der Waals surface area contributed by atoms with Crippen LogP contribution in [-0.2, 0) is 9.53 Å². The maximum absolute atomic E-state index is 11.3. The molecule has 0 heterocycles. The molecule has 0 unspecified atom stereocenters. The minimum Gasteiger partial charge on any atom is -0.462 e. The molecule has 0 atom stereocenters. The number of carbonyl (C=O) groups excluding carboxylic acids is 1. The van der Waals surface area contributed by atoms with Gasteiger partial charge in [-0.1, -0.05) is 34.6 Å². The number of hydrogen-bond donors (Lipinski definition) is 0. The summed E-state index contributed by atoms with van der Waals surface area (Å²) < 4.78 is 5.33. The Kier molecular flexibility index (Phi) is 3.23. The lowest BCUT2D eigenvalue weighted by atomic mass is 9.67. The number of carbonyl (C=O) groups is 1. The van der Waals surface area contributed by atoms with E-state index in [1.54, 1.807) is 0 Å². The van der Waals surface area contributed by atoms with Crippen molar-refractivity contribution in [3.05, 3.63) is 0 Å². The number of esters is 1. The first-order chi connectivity index (χ1) is 6.30. The van der Waals surface area contributed by atoms with Gasteiger partial charge < -0.3 is 4.74 Å². The molecular weight excluding hydrogens is 176 g/mol. The summed E-state index contributed by atoms with van der Waals surface area (Å²) in [6.45, 7) is 10.5. The van der Waals surface area contributed by atoms with Gasteiger partial charge in [0, 0.05) is 0 Å². The van der Waals surface area contributed by atoms with Gasteiger partial charge in [0.05, 0.1) is 5.92 Å². The van der Waals surface area contributed by atoms with Crippen molar-refractivity contribution in [1.29, 1.82) is 0 Å². The number of ether oxygens (including phenoxy) is 1. The smallest absolute Gasteiger partial charge is 0.308 e. The Morgan fingerprint density at radius 1 is 1.29 bits per heavy atom. The van der Waals surface area contributed by atoms with Gasteiger partial charge in [-0.15, -0.1) is 0 Å². The monoisotopic (exact) mass is 198 g/mol. The zero-order valence-corrected chi connectivity index (χ0v) is 9.96. The molecule has 0 aromatic rings. The van der Waals surface area contributed by atoms with Crippen LogP contribution in [0.15, 0.2) is 0 Å². The molecule has 1 fully saturated rings. The largest absolute Gasteiger partial charge is 0.462 e. The van der Waals surface area contributed by atoms with Crippen molar-refractivity contribution >= 4 is 5.97 Å². The molecule has 0 radical (unpaired) electrons. The molecule has 0 amide bonds. The van der Waals surface area contributed by atoms with Gasteiger partial charge in [-0.25, -0.2) is 0 Å². The molecule has 0 N–H and O–H groups in total. The maximum Gasteiger partial charge on any atom is 0.308 e. The molecule has 82 valence electrons. The molecule has 0 saturated heterocycles. The Balaban J connectivity index is 2.26. The molecule has 1 rings (SSSR count). The van der Waals surface area contributed by atoms with Crippen LogP contribution in [0.25, 0.3) is 0 Å². The fraction of sp³-hybridized carbons (Fsp3) is 0.917. The van der Waals surface area contributed by atoms with Crippen LogP contribution < -0.4 is 0 Å². The standard InChI is InChI=1S/C12H22O2/c1-8(2)11(13)14-10-6-9(7-10)12(3,4)5/h8-10H,6-7H2,1-5H3. The zero-order valence-electron chi connectivity index (χ0n) is 9.96. The molecule has 0 bridgehead atoms. The minimum atomic E-state index is -0.0534. The third-order valence-electron chi connectivity index (χ3n) is 3.07. The molecule has 2 heteroatoms. The molecule has 0 aromatic heterocycles. The first-order valence-corrected chi connectivity index (χ1v) is 5.51. The normalized spacial score (nSPS) is 27.3. The van der Waals surface area contributed by atoms with Gasteiger partial charge in [0.1, 0.15) is 6.10 Å². The molecule has 2 nitrogen and oxygen atoms in total. The van der Waals surface area contributed by atoms with Crippen molar-refractivity contribution in [2.45, 2.75) is 53.6 Å². The molecule has 1 aliphatic rings. The van der Waals surface area contributed by atoms with Crippen molar-refractivity contribution in [1.82, 2.24) is 0 Å². The minimum absolute atomic E-state index is 0.00341. The lowest BCUT2D eigenvalue weighted by Crippen LogP contribution is -2.40. The van der Waals surface area contributed by atoms with Gasteiger partial charge in [0.2, 0.25) is 0 Å². The second kappa shape index (κ2) is 3.92. The van der Waals surface area contributed by atoms with Crippen LogP contribution in [-0.4, -0.2) is 12.1 Å². The quantitative estimate of drug-likeness (QED) is 0.637. The van der Waals surface area contributed by atoms with E-state index in [0.717, 1.165) is 12.8 Å². The van der Waals surface area contributed by atoms with Crippen LogP contribution in [0.4, 0.5) is 0 Å². The SMILES string of the molecule is CC(C)C(=O)OC1CC(C(C)(C)C)C1. The van der Waals surface area contributed by atoms with E-state index >= 15 is 0 Å². The molecule has 1 saturated carbocycles. The van der Waals surface area contributed by atoms with E-state index in [1.165, 1.54) is 0 Å². The molecular formula is C12H22O2. The van der Waals surface area contributed by atoms with Crippen LogP contribution in [0.5, 0.6) is 0 Å². The molecule has 0 spiro atoms. The summed E-state index contributed by atoms with van der Waals surface area (Å²) in [5.74, 6) is 0.665. The average Bonchev–Trinajstić information content (AvgIpc) is 1.92. The fourth-order valence-corrected chi connectivity index (χ4v) is 1.67. The highest BCUT2D eigenvalue weighted by atomic mass is 16.5. The molecule has 14 heavy (non-hydrogen) atoms. The Morgan fingerprint density at radius 3 is 2.14 bits per heavy atom. The van der Waals surface area contributed by atoms with E-state index in [-0.39, 0.29) is 18.0 Å². The first kappa shape index (κ1) is 11.5. The van der Waals surface area contributed by atoms with E-state index in [2.05, 4.69) is 20.8 Å². The predicted molar refractivity (Wildman–Crippen MR) is 56.9 cm³/mol. The van der Waals surface area contributed by atoms with Crippen LogP contribution in [0.2, 0.25) is 0 Å². The van der Waals surface area contributed by atoms with Gasteiger partial charge in [-0.2, -0.15) is 0 Å². The molecule has 1 aliphatic carbocycles. The third kappa shape index (κ3) is 2.73. The van der Waals surface area contributed by atoms with E-state index in [4.69, 9.17) is 4.74 Å². The van der Waals surface area contributed by atoms with Crippen molar-refractivity contribution in [2.24, 2.45) is 17.3 Å². The number of rotatable bonds is 2. The van der Waals surface area contributed by atoms with Crippen molar-refractivity contribution in [3.8, 4) is 0 Å². The highest BCUT2D eigenvalue weighted by Gasteiger charge is 2.39. The van der Waals surface area contributed by atoms with E-state index < -0.39 is 0 Å². The Bertz CT molecular complexity index is 207. The lowest BCUT2D eigenvalue weighted by Gasteiger charge is -2.43. The zero-order chi connectivity index (χ0) is 10.9. The Hall–Kier alpha value is -0.530. The van der Waals surface area contributed by atoms with Gasteiger partial charge in [0.15, 0.2) is 0 Å². The van der Waals surface area contributed by atoms with Gasteiger partial charge >= 0.3 is 5.97 Å².